The van der Waals surface area contributed by atoms with Gasteiger partial charge in [0.25, 0.3) is 5.91 Å². The molecule has 1 fully saturated rings. The van der Waals surface area contributed by atoms with Crippen LogP contribution < -0.4 is 10.1 Å². The summed E-state index contributed by atoms with van der Waals surface area (Å²) in [6.07, 6.45) is 2.55. The van der Waals surface area contributed by atoms with Crippen molar-refractivity contribution in [2.24, 2.45) is 0 Å². The Morgan fingerprint density at radius 1 is 1.10 bits per heavy atom. The van der Waals surface area contributed by atoms with E-state index in [0.717, 1.165) is 19.3 Å². The van der Waals surface area contributed by atoms with Crippen LogP contribution in [0.25, 0.3) is 0 Å². The van der Waals surface area contributed by atoms with E-state index in [1.54, 1.807) is 0 Å². The molecule has 1 aliphatic heterocycles. The number of carbonyl (C=O) groups is 1. The fourth-order valence-electron chi connectivity index (χ4n) is 3.09. The summed E-state index contributed by atoms with van der Waals surface area (Å²) in [5.74, 6) is -3.04. The molecule has 0 aliphatic carbocycles. The first-order chi connectivity index (χ1) is 13.7. The third kappa shape index (κ3) is 4.52. The molecule has 0 bridgehead atoms. The van der Waals surface area contributed by atoms with Gasteiger partial charge in [-0.1, -0.05) is 18.0 Å². The third-order valence-electron chi connectivity index (χ3n) is 4.63. The molecule has 10 heteroatoms. The number of nitrogens with one attached hydrogen (secondary N) is 1. The van der Waals surface area contributed by atoms with Crippen molar-refractivity contribution >= 4 is 33.2 Å². The predicted molar refractivity (Wildman–Crippen MR) is 105 cm³/mol. The van der Waals surface area contributed by atoms with Crippen LogP contribution in [0.4, 0.5) is 14.5 Å². The number of sulfonamides is 1. The molecular weight excluding hydrogens is 426 g/mol. The first-order valence-corrected chi connectivity index (χ1v) is 10.7. The number of rotatable bonds is 5. The second-order valence-corrected chi connectivity index (χ2v) is 8.87. The second-order valence-electron chi connectivity index (χ2n) is 6.53. The highest BCUT2D eigenvalue weighted by atomic mass is 35.5. The summed E-state index contributed by atoms with van der Waals surface area (Å²) in [7, 11) is -2.38. The molecule has 2 aromatic rings. The largest absolute Gasteiger partial charge is 0.495 e. The molecule has 0 atom stereocenters. The number of halogens is 3. The first-order valence-electron chi connectivity index (χ1n) is 8.88. The number of carbonyl (C=O) groups excluding carboxylic acids is 1. The maximum Gasteiger partial charge on any atom is 0.257 e. The lowest BCUT2D eigenvalue weighted by molar-refractivity contribution is 0.102. The van der Waals surface area contributed by atoms with Gasteiger partial charge in [-0.2, -0.15) is 4.31 Å². The summed E-state index contributed by atoms with van der Waals surface area (Å²) < 4.78 is 59.1. The van der Waals surface area contributed by atoms with Gasteiger partial charge in [-0.05, 0) is 43.2 Å². The number of anilines is 1. The Bertz CT molecular complexity index is 1040. The highest BCUT2D eigenvalue weighted by Gasteiger charge is 2.27. The summed E-state index contributed by atoms with van der Waals surface area (Å²) >= 11 is 5.84. The minimum atomic E-state index is -3.74. The minimum Gasteiger partial charge on any atom is -0.495 e. The van der Waals surface area contributed by atoms with Gasteiger partial charge in [0.1, 0.15) is 5.75 Å². The second kappa shape index (κ2) is 8.64. The molecule has 6 nitrogen and oxygen atoms in total. The number of hydrogen-bond acceptors (Lipinski definition) is 4. The summed E-state index contributed by atoms with van der Waals surface area (Å²) in [4.78, 5) is 12.5. The Hall–Kier alpha value is -2.23. The van der Waals surface area contributed by atoms with Crippen molar-refractivity contribution in [2.45, 2.75) is 24.2 Å². The first kappa shape index (κ1) is 21.5. The molecule has 0 radical (unpaired) electrons. The zero-order valence-electron chi connectivity index (χ0n) is 15.5. The lowest BCUT2D eigenvalue weighted by Crippen LogP contribution is -2.35. The maximum absolute atomic E-state index is 13.5. The molecule has 3 rings (SSSR count). The van der Waals surface area contributed by atoms with E-state index in [4.69, 9.17) is 16.3 Å². The van der Waals surface area contributed by atoms with E-state index < -0.39 is 27.6 Å². The predicted octanol–water partition coefficient (Wildman–Crippen LogP) is 4.05. The van der Waals surface area contributed by atoms with Crippen LogP contribution in [0, 0.1) is 11.6 Å². The van der Waals surface area contributed by atoms with E-state index in [1.165, 1.54) is 29.6 Å². The van der Waals surface area contributed by atoms with Crippen molar-refractivity contribution in [3.05, 3.63) is 52.6 Å². The van der Waals surface area contributed by atoms with Crippen LogP contribution in [0.5, 0.6) is 5.75 Å². The lowest BCUT2D eigenvalue weighted by Gasteiger charge is -2.26. The van der Waals surface area contributed by atoms with Crippen molar-refractivity contribution < 1.29 is 26.7 Å². The number of ether oxygens (including phenoxy) is 1. The highest BCUT2D eigenvalue weighted by molar-refractivity contribution is 7.89. The molecule has 1 N–H and O–H groups in total. The van der Waals surface area contributed by atoms with Crippen molar-refractivity contribution in [1.29, 1.82) is 0 Å². The summed E-state index contributed by atoms with van der Waals surface area (Å²) in [6, 6.07) is 5.45. The molecule has 1 amide bonds. The Kier molecular flexibility index (Phi) is 6.40. The number of nitrogens with zero attached hydrogens (tertiary/aromatic N) is 1. The topological polar surface area (TPSA) is 75.7 Å². The van der Waals surface area contributed by atoms with Gasteiger partial charge >= 0.3 is 0 Å². The number of methoxy groups -OCH3 is 1. The standard InChI is InChI=1S/C19H19ClF2N2O4S/c1-28-18-6-5-12(29(26,27)24-7-3-2-4-8-24)9-17(18)23-19(25)13-10-15(21)16(22)11-14(13)20/h5-6,9-11H,2-4,7-8H2,1H3,(H,23,25). The molecule has 0 unspecified atom stereocenters. The average molecular weight is 445 g/mol. The van der Waals surface area contributed by atoms with Crippen LogP contribution in [0.1, 0.15) is 29.6 Å². The van der Waals surface area contributed by atoms with E-state index in [9.17, 15) is 22.0 Å². The molecule has 0 spiro atoms. The molecule has 1 heterocycles. The van der Waals surface area contributed by atoms with Crippen molar-refractivity contribution in [3.63, 3.8) is 0 Å². The van der Waals surface area contributed by atoms with Crippen LogP contribution in [0.2, 0.25) is 5.02 Å². The normalized spacial score (nSPS) is 15.2. The van der Waals surface area contributed by atoms with Gasteiger partial charge in [0, 0.05) is 13.1 Å². The minimum absolute atomic E-state index is 0.00752. The zero-order valence-corrected chi connectivity index (χ0v) is 17.1. The number of amides is 1. The SMILES string of the molecule is COc1ccc(S(=O)(=O)N2CCCCC2)cc1NC(=O)c1cc(F)c(F)cc1Cl. The molecule has 1 saturated heterocycles. The van der Waals surface area contributed by atoms with Gasteiger partial charge < -0.3 is 10.1 Å². The van der Waals surface area contributed by atoms with Gasteiger partial charge in [-0.25, -0.2) is 17.2 Å². The molecule has 29 heavy (non-hydrogen) atoms. The van der Waals surface area contributed by atoms with Crippen molar-refractivity contribution in [2.75, 3.05) is 25.5 Å². The highest BCUT2D eigenvalue weighted by Crippen LogP contribution is 2.31. The summed E-state index contributed by atoms with van der Waals surface area (Å²) in [5.41, 5.74) is -0.228. The number of benzene rings is 2. The smallest absolute Gasteiger partial charge is 0.257 e. The Morgan fingerprint density at radius 2 is 1.76 bits per heavy atom. The molecule has 1 aliphatic rings. The van der Waals surface area contributed by atoms with E-state index in [-0.39, 0.29) is 26.9 Å². The lowest BCUT2D eigenvalue weighted by atomic mass is 10.2. The fraction of sp³-hybridized carbons (Fsp3) is 0.316. The zero-order chi connectivity index (χ0) is 21.2. The van der Waals surface area contributed by atoms with Crippen molar-refractivity contribution in [3.8, 4) is 5.75 Å². The Labute approximate surface area is 172 Å². The van der Waals surface area contributed by atoms with Gasteiger partial charge in [0.2, 0.25) is 10.0 Å². The van der Waals surface area contributed by atoms with Crippen LogP contribution in [-0.4, -0.2) is 38.8 Å². The molecule has 2 aromatic carbocycles. The quantitative estimate of drug-likeness (QED) is 0.706. The van der Waals surface area contributed by atoms with Crippen LogP contribution in [0.15, 0.2) is 35.2 Å². The summed E-state index contributed by atoms with van der Waals surface area (Å²) in [5, 5.41) is 2.18. The van der Waals surface area contributed by atoms with Gasteiger partial charge in [-0.3, -0.25) is 4.79 Å². The van der Waals surface area contributed by atoms with E-state index in [0.29, 0.717) is 25.2 Å². The molecular formula is C19H19ClF2N2O4S. The van der Waals surface area contributed by atoms with Crippen molar-refractivity contribution in [1.82, 2.24) is 4.31 Å². The fourth-order valence-corrected chi connectivity index (χ4v) is 4.87. The van der Waals surface area contributed by atoms with Crippen LogP contribution in [0.3, 0.4) is 0 Å². The molecule has 156 valence electrons. The number of piperidine rings is 1. The van der Waals surface area contributed by atoms with Gasteiger partial charge in [-0.15, -0.1) is 0 Å². The number of hydrogen-bond donors (Lipinski definition) is 1. The Balaban J connectivity index is 1.94. The van der Waals surface area contributed by atoms with E-state index >= 15 is 0 Å². The van der Waals surface area contributed by atoms with Gasteiger partial charge in [0.05, 0.1) is 28.3 Å². The summed E-state index contributed by atoms with van der Waals surface area (Å²) in [6.45, 7) is 0.862. The van der Waals surface area contributed by atoms with Crippen LogP contribution >= 0.6 is 11.6 Å². The molecule has 0 aromatic heterocycles. The van der Waals surface area contributed by atoms with E-state index in [2.05, 4.69) is 5.32 Å². The third-order valence-corrected chi connectivity index (χ3v) is 6.83. The van der Waals surface area contributed by atoms with E-state index in [1.807, 2.05) is 0 Å². The Morgan fingerprint density at radius 3 is 2.41 bits per heavy atom. The monoisotopic (exact) mass is 444 g/mol. The maximum atomic E-state index is 13.5. The average Bonchev–Trinajstić information content (AvgIpc) is 2.71. The van der Waals surface area contributed by atoms with Gasteiger partial charge in [0.15, 0.2) is 11.6 Å². The van der Waals surface area contributed by atoms with Crippen LogP contribution in [-0.2, 0) is 10.0 Å². The molecule has 0 saturated carbocycles.